The lowest BCUT2D eigenvalue weighted by Gasteiger charge is -2.30. The first-order valence-corrected chi connectivity index (χ1v) is 7.64. The SMILES string of the molecule is NC1CCN(C(=O)c2ccc(NC3CC3)c([N+](=O)[O-])c2)CC1. The third-order valence-electron chi connectivity index (χ3n) is 4.21. The molecule has 0 spiro atoms. The number of anilines is 1. The lowest BCUT2D eigenvalue weighted by molar-refractivity contribution is -0.384. The van der Waals surface area contributed by atoms with Gasteiger partial charge >= 0.3 is 0 Å². The smallest absolute Gasteiger partial charge is 0.293 e. The van der Waals surface area contributed by atoms with Gasteiger partial charge in [0, 0.05) is 36.8 Å². The first-order valence-electron chi connectivity index (χ1n) is 7.64. The predicted octanol–water partition coefficient (Wildman–Crippen LogP) is 1.73. The van der Waals surface area contributed by atoms with E-state index in [9.17, 15) is 14.9 Å². The number of likely N-dealkylation sites (tertiary alicyclic amines) is 1. The molecule has 2 aliphatic rings. The third kappa shape index (κ3) is 3.19. The number of nitrogens with zero attached hydrogens (tertiary/aromatic N) is 2. The van der Waals surface area contributed by atoms with E-state index in [1.54, 1.807) is 17.0 Å². The van der Waals surface area contributed by atoms with Crippen molar-refractivity contribution in [3.05, 3.63) is 33.9 Å². The van der Waals surface area contributed by atoms with Gasteiger partial charge < -0.3 is 16.0 Å². The summed E-state index contributed by atoms with van der Waals surface area (Å²) in [6.07, 6.45) is 3.61. The molecule has 0 aromatic heterocycles. The van der Waals surface area contributed by atoms with Gasteiger partial charge in [-0.1, -0.05) is 0 Å². The molecule has 1 amide bonds. The summed E-state index contributed by atoms with van der Waals surface area (Å²) in [5, 5.41) is 14.4. The van der Waals surface area contributed by atoms with E-state index in [4.69, 9.17) is 5.73 Å². The minimum absolute atomic E-state index is 0.0357. The Morgan fingerprint density at radius 1 is 1.27 bits per heavy atom. The van der Waals surface area contributed by atoms with Crippen LogP contribution in [0.3, 0.4) is 0 Å². The molecule has 7 heteroatoms. The fourth-order valence-corrected chi connectivity index (χ4v) is 2.67. The second-order valence-corrected chi connectivity index (χ2v) is 6.04. The molecule has 1 heterocycles. The Balaban J connectivity index is 1.79. The summed E-state index contributed by atoms with van der Waals surface area (Å²) in [5.74, 6) is -0.159. The van der Waals surface area contributed by atoms with Crippen LogP contribution in [0.4, 0.5) is 11.4 Å². The molecule has 1 saturated heterocycles. The van der Waals surface area contributed by atoms with Crippen LogP contribution >= 0.6 is 0 Å². The number of nitrogens with one attached hydrogen (secondary N) is 1. The molecular weight excluding hydrogens is 284 g/mol. The molecule has 0 radical (unpaired) electrons. The second-order valence-electron chi connectivity index (χ2n) is 6.04. The number of nitrogens with two attached hydrogens (primary N) is 1. The van der Waals surface area contributed by atoms with Crippen LogP contribution in [0.5, 0.6) is 0 Å². The number of rotatable bonds is 4. The maximum Gasteiger partial charge on any atom is 0.293 e. The van der Waals surface area contributed by atoms with Crippen molar-refractivity contribution in [2.75, 3.05) is 18.4 Å². The van der Waals surface area contributed by atoms with Gasteiger partial charge in [-0.25, -0.2) is 0 Å². The zero-order valence-electron chi connectivity index (χ0n) is 12.3. The molecule has 3 rings (SSSR count). The van der Waals surface area contributed by atoms with Crippen LogP contribution in [-0.4, -0.2) is 40.9 Å². The van der Waals surface area contributed by atoms with Gasteiger partial charge in [-0.15, -0.1) is 0 Å². The van der Waals surface area contributed by atoms with Crippen molar-refractivity contribution in [2.24, 2.45) is 5.73 Å². The molecular formula is C15H20N4O3. The van der Waals surface area contributed by atoms with Gasteiger partial charge in [0.1, 0.15) is 5.69 Å². The first-order chi connectivity index (χ1) is 10.5. The number of amides is 1. The molecule has 1 aromatic carbocycles. The quantitative estimate of drug-likeness (QED) is 0.651. The Morgan fingerprint density at radius 3 is 2.55 bits per heavy atom. The van der Waals surface area contributed by atoms with E-state index < -0.39 is 4.92 Å². The summed E-state index contributed by atoms with van der Waals surface area (Å²) in [5.41, 5.74) is 6.66. The maximum atomic E-state index is 12.5. The van der Waals surface area contributed by atoms with Crippen LogP contribution in [-0.2, 0) is 0 Å². The van der Waals surface area contributed by atoms with Crippen LogP contribution in [0.15, 0.2) is 18.2 Å². The van der Waals surface area contributed by atoms with Gasteiger partial charge in [0.25, 0.3) is 11.6 Å². The number of carbonyl (C=O) groups excluding carboxylic acids is 1. The highest BCUT2D eigenvalue weighted by Gasteiger charge is 2.27. The minimum atomic E-state index is -0.437. The molecule has 0 unspecified atom stereocenters. The van der Waals surface area contributed by atoms with Crippen LogP contribution in [0.1, 0.15) is 36.0 Å². The predicted molar refractivity (Wildman–Crippen MR) is 82.9 cm³/mol. The number of nitro groups is 1. The van der Waals surface area contributed by atoms with Gasteiger partial charge in [0.05, 0.1) is 4.92 Å². The minimum Gasteiger partial charge on any atom is -0.377 e. The number of hydrogen-bond donors (Lipinski definition) is 2. The monoisotopic (exact) mass is 304 g/mol. The number of hydrogen-bond acceptors (Lipinski definition) is 5. The molecule has 22 heavy (non-hydrogen) atoms. The maximum absolute atomic E-state index is 12.5. The van der Waals surface area contributed by atoms with Gasteiger partial charge in [-0.05, 0) is 37.8 Å². The topological polar surface area (TPSA) is 102 Å². The van der Waals surface area contributed by atoms with E-state index in [0.29, 0.717) is 30.4 Å². The Labute approximate surface area is 128 Å². The molecule has 1 aliphatic carbocycles. The van der Waals surface area contributed by atoms with Crippen molar-refractivity contribution in [3.8, 4) is 0 Å². The number of carbonyl (C=O) groups is 1. The molecule has 0 atom stereocenters. The molecule has 7 nitrogen and oxygen atoms in total. The van der Waals surface area contributed by atoms with E-state index in [-0.39, 0.29) is 17.6 Å². The third-order valence-corrected chi connectivity index (χ3v) is 4.21. The van der Waals surface area contributed by atoms with Crippen LogP contribution in [0, 0.1) is 10.1 Å². The number of piperidine rings is 1. The van der Waals surface area contributed by atoms with E-state index in [1.807, 2.05) is 0 Å². The highest BCUT2D eigenvalue weighted by atomic mass is 16.6. The number of benzene rings is 1. The average Bonchev–Trinajstić information content (AvgIpc) is 3.31. The van der Waals surface area contributed by atoms with Crippen LogP contribution in [0.25, 0.3) is 0 Å². The fourth-order valence-electron chi connectivity index (χ4n) is 2.67. The van der Waals surface area contributed by atoms with Crippen molar-refractivity contribution >= 4 is 17.3 Å². The molecule has 118 valence electrons. The van der Waals surface area contributed by atoms with E-state index >= 15 is 0 Å². The molecule has 0 bridgehead atoms. The fraction of sp³-hybridized carbons (Fsp3) is 0.533. The Kier molecular flexibility index (Phi) is 3.98. The van der Waals surface area contributed by atoms with E-state index in [0.717, 1.165) is 25.7 Å². The summed E-state index contributed by atoms with van der Waals surface area (Å²) < 4.78 is 0. The molecule has 1 aliphatic heterocycles. The van der Waals surface area contributed by atoms with E-state index in [1.165, 1.54) is 6.07 Å². The molecule has 3 N–H and O–H groups in total. The summed E-state index contributed by atoms with van der Waals surface area (Å²) in [6, 6.07) is 5.14. The van der Waals surface area contributed by atoms with Crippen LogP contribution < -0.4 is 11.1 Å². The largest absolute Gasteiger partial charge is 0.377 e. The zero-order chi connectivity index (χ0) is 15.7. The van der Waals surface area contributed by atoms with Gasteiger partial charge in [0.2, 0.25) is 0 Å². The van der Waals surface area contributed by atoms with Crippen molar-refractivity contribution in [3.63, 3.8) is 0 Å². The Hall–Kier alpha value is -2.15. The Morgan fingerprint density at radius 2 is 1.95 bits per heavy atom. The van der Waals surface area contributed by atoms with Gasteiger partial charge in [-0.3, -0.25) is 14.9 Å². The van der Waals surface area contributed by atoms with E-state index in [2.05, 4.69) is 5.32 Å². The van der Waals surface area contributed by atoms with Gasteiger partial charge in [0.15, 0.2) is 0 Å². The van der Waals surface area contributed by atoms with Crippen LogP contribution in [0.2, 0.25) is 0 Å². The van der Waals surface area contributed by atoms with Gasteiger partial charge in [-0.2, -0.15) is 0 Å². The normalized spacial score (nSPS) is 19.0. The highest BCUT2D eigenvalue weighted by molar-refractivity contribution is 5.95. The standard InChI is InChI=1S/C15H20N4O3/c16-11-5-7-18(8-6-11)15(20)10-1-4-13(17-12-2-3-12)14(9-10)19(21)22/h1,4,9,11-12,17H,2-3,5-8,16H2. The summed E-state index contributed by atoms with van der Waals surface area (Å²) in [6.45, 7) is 1.21. The summed E-state index contributed by atoms with van der Waals surface area (Å²) in [4.78, 5) is 25.0. The van der Waals surface area contributed by atoms with Crippen molar-refractivity contribution in [1.29, 1.82) is 0 Å². The molecule has 1 aromatic rings. The number of nitro benzene ring substituents is 1. The second kappa shape index (κ2) is 5.92. The summed E-state index contributed by atoms with van der Waals surface area (Å²) in [7, 11) is 0. The lowest BCUT2D eigenvalue weighted by Crippen LogP contribution is -2.42. The zero-order valence-corrected chi connectivity index (χ0v) is 12.3. The first kappa shape index (κ1) is 14.8. The molecule has 1 saturated carbocycles. The molecule has 2 fully saturated rings. The average molecular weight is 304 g/mol. The van der Waals surface area contributed by atoms with Crippen molar-refractivity contribution < 1.29 is 9.72 Å². The highest BCUT2D eigenvalue weighted by Crippen LogP contribution is 2.32. The Bertz CT molecular complexity index is 592. The van der Waals surface area contributed by atoms with Crippen molar-refractivity contribution in [1.82, 2.24) is 4.90 Å². The summed E-state index contributed by atoms with van der Waals surface area (Å²) >= 11 is 0. The lowest BCUT2D eigenvalue weighted by atomic mass is 10.0. The van der Waals surface area contributed by atoms with Crippen molar-refractivity contribution in [2.45, 2.75) is 37.8 Å².